The number of fused-ring (bicyclic) bond motifs is 1. The second-order valence-corrected chi connectivity index (χ2v) is 8.92. The number of benzene rings is 1. The molecule has 2 rings (SSSR count). The van der Waals surface area contributed by atoms with E-state index < -0.39 is 8.07 Å². The lowest BCUT2D eigenvalue weighted by atomic mass is 10.1. The monoisotopic (exact) mass is 174 g/mol. The van der Waals surface area contributed by atoms with E-state index in [-0.39, 0.29) is 0 Å². The molecule has 1 aromatic carbocycles. The van der Waals surface area contributed by atoms with Crippen molar-refractivity contribution in [3.63, 3.8) is 0 Å². The first-order chi connectivity index (χ1) is 5.61. The minimum absolute atomic E-state index is 1.14. The third-order valence-corrected chi connectivity index (χ3v) is 5.96. The Labute approximate surface area is 74.9 Å². The predicted molar refractivity (Wildman–Crippen MR) is 56.7 cm³/mol. The van der Waals surface area contributed by atoms with Crippen LogP contribution in [-0.2, 0) is 6.04 Å². The second-order valence-electron chi connectivity index (χ2n) is 4.20. The average molecular weight is 174 g/mol. The molecule has 0 amide bonds. The van der Waals surface area contributed by atoms with E-state index in [2.05, 4.69) is 43.9 Å². The molecule has 1 heteroatoms. The van der Waals surface area contributed by atoms with Gasteiger partial charge in [0.15, 0.2) is 0 Å². The molecule has 0 radical (unpaired) electrons. The molecular formula is C11H14Si. The highest BCUT2D eigenvalue weighted by molar-refractivity contribution is 6.95. The van der Waals surface area contributed by atoms with Gasteiger partial charge in [0.1, 0.15) is 0 Å². The van der Waals surface area contributed by atoms with E-state index in [1.807, 2.05) is 0 Å². The summed E-state index contributed by atoms with van der Waals surface area (Å²) in [6.45, 7) is 9.01. The van der Waals surface area contributed by atoms with Crippen LogP contribution in [-0.4, -0.2) is 8.07 Å². The predicted octanol–water partition coefficient (Wildman–Crippen LogP) is 3.04. The highest BCUT2D eigenvalue weighted by Gasteiger charge is 2.33. The zero-order valence-electron chi connectivity index (χ0n) is 7.72. The van der Waals surface area contributed by atoms with E-state index in [0.29, 0.717) is 0 Å². The van der Waals surface area contributed by atoms with Crippen molar-refractivity contribution in [1.29, 1.82) is 0 Å². The summed E-state index contributed by atoms with van der Waals surface area (Å²) in [5, 5.41) is 1.43. The second kappa shape index (κ2) is 2.33. The molecule has 0 N–H and O–H groups in total. The standard InChI is InChI=1S/C11H14Si/c1-9-11-7-5-4-6-10(11)8-12(9,2)3/h4-7H,1,8H2,2-3H3. The van der Waals surface area contributed by atoms with Crippen LogP contribution in [0.1, 0.15) is 11.1 Å². The molecular weight excluding hydrogens is 160 g/mol. The Morgan fingerprint density at radius 1 is 1.25 bits per heavy atom. The molecule has 0 aromatic heterocycles. The van der Waals surface area contributed by atoms with Crippen LogP contribution >= 0.6 is 0 Å². The van der Waals surface area contributed by atoms with Gasteiger partial charge in [0.05, 0.1) is 8.07 Å². The molecule has 0 aliphatic carbocycles. The largest absolute Gasteiger partial charge is 0.0992 e. The lowest BCUT2D eigenvalue weighted by molar-refractivity contribution is 1.37. The first kappa shape index (κ1) is 7.81. The summed E-state index contributed by atoms with van der Waals surface area (Å²) >= 11 is 0. The van der Waals surface area contributed by atoms with Gasteiger partial charge in [-0.3, -0.25) is 0 Å². The van der Waals surface area contributed by atoms with Crippen LogP contribution in [0.4, 0.5) is 0 Å². The molecule has 0 saturated carbocycles. The molecule has 0 fully saturated rings. The van der Waals surface area contributed by atoms with Gasteiger partial charge in [-0.05, 0) is 17.2 Å². The fraction of sp³-hybridized carbons (Fsp3) is 0.273. The van der Waals surface area contributed by atoms with Crippen LogP contribution in [0.25, 0.3) is 5.20 Å². The Kier molecular flexibility index (Phi) is 1.52. The summed E-state index contributed by atoms with van der Waals surface area (Å²) < 4.78 is 0. The van der Waals surface area contributed by atoms with Crippen molar-refractivity contribution < 1.29 is 0 Å². The van der Waals surface area contributed by atoms with E-state index in [0.717, 1.165) is 0 Å². The van der Waals surface area contributed by atoms with E-state index in [9.17, 15) is 0 Å². The van der Waals surface area contributed by atoms with Gasteiger partial charge in [0, 0.05) is 0 Å². The van der Waals surface area contributed by atoms with Gasteiger partial charge in [-0.15, -0.1) is 0 Å². The van der Waals surface area contributed by atoms with Crippen LogP contribution in [0.2, 0.25) is 13.1 Å². The summed E-state index contributed by atoms with van der Waals surface area (Å²) in [6.07, 6.45) is 0. The molecule has 0 atom stereocenters. The number of hydrogen-bond acceptors (Lipinski definition) is 0. The van der Waals surface area contributed by atoms with Gasteiger partial charge < -0.3 is 0 Å². The van der Waals surface area contributed by atoms with Gasteiger partial charge in [-0.2, -0.15) is 0 Å². The fourth-order valence-electron chi connectivity index (χ4n) is 1.92. The summed E-state index contributed by atoms with van der Waals surface area (Å²) in [4.78, 5) is 0. The smallest absolute Gasteiger partial charge is 0.0849 e. The van der Waals surface area contributed by atoms with Crippen molar-refractivity contribution in [2.45, 2.75) is 19.1 Å². The summed E-state index contributed by atoms with van der Waals surface area (Å²) in [5.41, 5.74) is 2.94. The maximum absolute atomic E-state index is 4.21. The Morgan fingerprint density at radius 3 is 2.58 bits per heavy atom. The van der Waals surface area contributed by atoms with Crippen LogP contribution in [0, 0.1) is 0 Å². The first-order valence-electron chi connectivity index (χ1n) is 4.39. The van der Waals surface area contributed by atoms with E-state index in [1.165, 1.54) is 22.4 Å². The van der Waals surface area contributed by atoms with E-state index >= 15 is 0 Å². The molecule has 1 aliphatic heterocycles. The number of rotatable bonds is 0. The van der Waals surface area contributed by atoms with Crippen LogP contribution in [0.5, 0.6) is 0 Å². The molecule has 0 unspecified atom stereocenters. The van der Waals surface area contributed by atoms with Crippen molar-refractivity contribution >= 4 is 13.3 Å². The summed E-state index contributed by atoms with van der Waals surface area (Å²) in [7, 11) is -1.14. The third kappa shape index (κ3) is 0.968. The van der Waals surface area contributed by atoms with Crippen LogP contribution in [0.3, 0.4) is 0 Å². The molecule has 62 valence electrons. The van der Waals surface area contributed by atoms with Crippen LogP contribution in [0.15, 0.2) is 30.8 Å². The zero-order valence-corrected chi connectivity index (χ0v) is 8.72. The topological polar surface area (TPSA) is 0 Å². The molecule has 0 bridgehead atoms. The SMILES string of the molecule is C=C1c2ccccc2C[Si]1(C)C. The highest BCUT2D eigenvalue weighted by Crippen LogP contribution is 2.36. The molecule has 1 heterocycles. The van der Waals surface area contributed by atoms with E-state index in [1.54, 1.807) is 0 Å². The van der Waals surface area contributed by atoms with Gasteiger partial charge in [0.2, 0.25) is 0 Å². The Bertz CT molecular complexity index is 337. The first-order valence-corrected chi connectivity index (χ1v) is 7.60. The van der Waals surface area contributed by atoms with Crippen LogP contribution < -0.4 is 0 Å². The molecule has 0 spiro atoms. The van der Waals surface area contributed by atoms with Gasteiger partial charge >= 0.3 is 0 Å². The Hall–Kier alpha value is -0.823. The maximum atomic E-state index is 4.21. The summed E-state index contributed by atoms with van der Waals surface area (Å²) in [5.74, 6) is 0. The van der Waals surface area contributed by atoms with Crippen molar-refractivity contribution in [3.8, 4) is 0 Å². The normalized spacial score (nSPS) is 19.3. The third-order valence-electron chi connectivity index (χ3n) is 2.79. The quantitative estimate of drug-likeness (QED) is 0.530. The molecule has 0 nitrogen and oxygen atoms in total. The molecule has 12 heavy (non-hydrogen) atoms. The highest BCUT2D eigenvalue weighted by atomic mass is 28.3. The van der Waals surface area contributed by atoms with E-state index in [4.69, 9.17) is 0 Å². The maximum Gasteiger partial charge on any atom is 0.0849 e. The van der Waals surface area contributed by atoms with Gasteiger partial charge in [0.25, 0.3) is 0 Å². The number of hydrogen-bond donors (Lipinski definition) is 0. The lowest BCUT2D eigenvalue weighted by Gasteiger charge is -2.15. The van der Waals surface area contributed by atoms with Crippen molar-refractivity contribution in [3.05, 3.63) is 42.0 Å². The molecule has 1 aromatic rings. The minimum atomic E-state index is -1.14. The fourth-order valence-corrected chi connectivity index (χ4v) is 4.36. The lowest BCUT2D eigenvalue weighted by Crippen LogP contribution is -2.24. The van der Waals surface area contributed by atoms with Crippen molar-refractivity contribution in [2.24, 2.45) is 0 Å². The summed E-state index contributed by atoms with van der Waals surface area (Å²) in [6, 6.07) is 9.96. The Morgan fingerprint density at radius 2 is 1.92 bits per heavy atom. The van der Waals surface area contributed by atoms with Gasteiger partial charge in [-0.25, -0.2) is 0 Å². The average Bonchev–Trinajstić information content (AvgIpc) is 2.24. The molecule has 1 aliphatic rings. The van der Waals surface area contributed by atoms with Crippen molar-refractivity contribution in [2.75, 3.05) is 0 Å². The van der Waals surface area contributed by atoms with Gasteiger partial charge in [-0.1, -0.05) is 49.1 Å². The molecule has 0 saturated heterocycles. The Balaban J connectivity index is 2.57. The zero-order chi connectivity index (χ0) is 8.77. The minimum Gasteiger partial charge on any atom is -0.0992 e. The van der Waals surface area contributed by atoms with Crippen molar-refractivity contribution in [1.82, 2.24) is 0 Å².